The number of benzene rings is 6. The van der Waals surface area contributed by atoms with Crippen molar-refractivity contribution in [3.05, 3.63) is 149 Å². The van der Waals surface area contributed by atoms with E-state index in [1.807, 2.05) is 11.3 Å². The van der Waals surface area contributed by atoms with Crippen LogP contribution in [0.25, 0.3) is 21.2 Å². The molecule has 0 spiro atoms. The largest absolute Gasteiger partial charge is 0.311 e. The average Bonchev–Trinajstić information content (AvgIpc) is 3.60. The minimum atomic E-state index is -0.116. The van der Waals surface area contributed by atoms with Gasteiger partial charge in [0.1, 0.15) is 0 Å². The van der Waals surface area contributed by atoms with Crippen molar-refractivity contribution in [3.63, 3.8) is 0 Å². The zero-order valence-corrected chi connectivity index (χ0v) is 44.2. The molecule has 0 saturated heterocycles. The van der Waals surface area contributed by atoms with Crippen LogP contribution in [0.2, 0.25) is 0 Å². The van der Waals surface area contributed by atoms with Crippen molar-refractivity contribution in [1.82, 2.24) is 0 Å². The quantitative estimate of drug-likeness (QED) is 0.163. The van der Waals surface area contributed by atoms with Crippen LogP contribution in [0, 0.1) is 0 Å². The molecule has 9 rings (SSSR count). The third-order valence-corrected chi connectivity index (χ3v) is 15.6. The van der Waals surface area contributed by atoms with Crippen molar-refractivity contribution in [1.29, 1.82) is 0 Å². The predicted molar refractivity (Wildman–Crippen MR) is 293 cm³/mol. The second kappa shape index (κ2) is 15.2. The molecule has 0 aliphatic carbocycles. The fraction of sp³-hybridized carbons (Fsp3) is 0.387. The van der Waals surface area contributed by atoms with Gasteiger partial charge in [0.25, 0.3) is 6.71 Å². The summed E-state index contributed by atoms with van der Waals surface area (Å²) in [6.07, 6.45) is 0. The molecular weight excluding hydrogens is 816 g/mol. The molecule has 0 bridgehead atoms. The van der Waals surface area contributed by atoms with E-state index in [2.05, 4.69) is 250 Å². The Morgan fingerprint density at radius 2 is 0.803 bits per heavy atom. The summed E-state index contributed by atoms with van der Waals surface area (Å²) in [5.41, 5.74) is 20.9. The fourth-order valence-corrected chi connectivity index (χ4v) is 11.3. The Kier molecular flexibility index (Phi) is 10.6. The van der Waals surface area contributed by atoms with Gasteiger partial charge in [-0.25, -0.2) is 0 Å². The molecule has 0 amide bonds. The van der Waals surface area contributed by atoms with Gasteiger partial charge in [-0.3, -0.25) is 0 Å². The number of thiophene rings is 1. The first-order chi connectivity index (χ1) is 30.5. The molecule has 0 atom stereocenters. The summed E-state index contributed by atoms with van der Waals surface area (Å²) in [6.45, 7) is 42.1. The molecule has 7 aromatic rings. The van der Waals surface area contributed by atoms with Gasteiger partial charge in [-0.15, -0.1) is 11.3 Å². The Morgan fingerprint density at radius 1 is 0.364 bits per heavy atom. The molecule has 1 aromatic heterocycles. The number of rotatable bonds is 3. The Morgan fingerprint density at radius 3 is 1.33 bits per heavy atom. The number of hydrogen-bond acceptors (Lipinski definition) is 3. The molecule has 340 valence electrons. The maximum absolute atomic E-state index is 2.66. The maximum Gasteiger partial charge on any atom is 0.254 e. The summed E-state index contributed by atoms with van der Waals surface area (Å²) in [5, 5.41) is 2.69. The molecule has 4 heteroatoms. The molecule has 6 aromatic carbocycles. The first-order valence-electron chi connectivity index (χ1n) is 24.4. The zero-order valence-electron chi connectivity index (χ0n) is 43.3. The van der Waals surface area contributed by atoms with Crippen LogP contribution in [0.5, 0.6) is 0 Å². The molecule has 0 saturated carbocycles. The Bertz CT molecular complexity index is 3010. The monoisotopic (exact) mass is 889 g/mol. The van der Waals surface area contributed by atoms with Gasteiger partial charge >= 0.3 is 0 Å². The average molecular weight is 889 g/mol. The summed E-state index contributed by atoms with van der Waals surface area (Å²) in [6, 6.07) is 46.0. The number of anilines is 6. The minimum Gasteiger partial charge on any atom is -0.311 e. The molecule has 2 aliphatic heterocycles. The van der Waals surface area contributed by atoms with Crippen LogP contribution in [0.4, 0.5) is 33.4 Å². The van der Waals surface area contributed by atoms with Gasteiger partial charge < -0.3 is 9.80 Å². The van der Waals surface area contributed by atoms with E-state index in [1.54, 1.807) is 0 Å². The highest BCUT2D eigenvalue weighted by molar-refractivity contribution is 7.26. The standard InChI is InChI=1S/C62H73BN2S/c1-57(2,3)39-21-19-38(20-22-39)46-33-41(59(7,8)9)25-30-49(46)65-50-31-26-43(61(13,14)15)35-48(50)63-54-47-34-42(60(10,11)12)27-32-53(47)66-56(54)64(45-28-23-40(24-29-45)58(4,5)6)51-36-44(62(16,17)18)37-52(65)55(51)63/h19-37H,1-18H3. The SMILES string of the molecule is CC(C)(C)c1ccc(-c2cc(C(C)(C)C)ccc2N2c3ccc(C(C)(C)C)cc3B3c4c2cc(C(C)(C)C)cc4N(c2ccc(C(C)(C)C)cc2)c2sc4ccc(C(C)(C)C)cc4c23)cc1. The maximum atomic E-state index is 2.66. The lowest BCUT2D eigenvalue weighted by Gasteiger charge is -2.45. The van der Waals surface area contributed by atoms with Crippen LogP contribution >= 0.6 is 11.3 Å². The summed E-state index contributed by atoms with van der Waals surface area (Å²) in [7, 11) is 0. The first-order valence-corrected chi connectivity index (χ1v) is 25.2. The van der Waals surface area contributed by atoms with Crippen LogP contribution in [0.3, 0.4) is 0 Å². The van der Waals surface area contributed by atoms with Gasteiger partial charge in [0.15, 0.2) is 0 Å². The highest BCUT2D eigenvalue weighted by Gasteiger charge is 2.47. The van der Waals surface area contributed by atoms with Crippen molar-refractivity contribution >= 4 is 78.0 Å². The molecule has 0 fully saturated rings. The Hall–Kier alpha value is -5.06. The van der Waals surface area contributed by atoms with Crippen LogP contribution in [0.1, 0.15) is 158 Å². The lowest BCUT2D eigenvalue weighted by atomic mass is 9.33. The summed E-state index contributed by atoms with van der Waals surface area (Å²) < 4.78 is 1.34. The van der Waals surface area contributed by atoms with Crippen molar-refractivity contribution in [2.24, 2.45) is 0 Å². The topological polar surface area (TPSA) is 6.48 Å². The van der Waals surface area contributed by atoms with Crippen molar-refractivity contribution in [2.45, 2.75) is 157 Å². The van der Waals surface area contributed by atoms with E-state index in [0.29, 0.717) is 0 Å². The zero-order chi connectivity index (χ0) is 47.8. The van der Waals surface area contributed by atoms with Crippen LogP contribution in [-0.4, -0.2) is 6.71 Å². The molecule has 66 heavy (non-hydrogen) atoms. The van der Waals surface area contributed by atoms with Crippen LogP contribution in [0.15, 0.2) is 115 Å². The summed E-state index contributed by atoms with van der Waals surface area (Å²) in [4.78, 5) is 5.30. The predicted octanol–water partition coefficient (Wildman–Crippen LogP) is 16.4. The van der Waals surface area contributed by atoms with E-state index in [0.717, 1.165) is 0 Å². The third-order valence-electron chi connectivity index (χ3n) is 14.4. The Balaban J connectivity index is 1.44. The van der Waals surface area contributed by atoms with Crippen LogP contribution in [-0.2, 0) is 32.5 Å². The van der Waals surface area contributed by atoms with Crippen molar-refractivity contribution < 1.29 is 0 Å². The molecular formula is C62H73BN2S. The number of hydrogen-bond donors (Lipinski definition) is 0. The molecule has 0 radical (unpaired) electrons. The molecule has 0 N–H and O–H groups in total. The molecule has 2 nitrogen and oxygen atoms in total. The van der Waals surface area contributed by atoms with Crippen LogP contribution < -0.4 is 26.2 Å². The highest BCUT2D eigenvalue weighted by Crippen LogP contribution is 2.51. The van der Waals surface area contributed by atoms with E-state index in [-0.39, 0.29) is 39.2 Å². The van der Waals surface area contributed by atoms with Crippen molar-refractivity contribution in [3.8, 4) is 11.1 Å². The second-order valence-electron chi connectivity index (χ2n) is 25.7. The van der Waals surface area contributed by atoms with Gasteiger partial charge in [0.2, 0.25) is 0 Å². The Labute approximate surface area is 402 Å². The molecule has 2 aliphatic rings. The van der Waals surface area contributed by atoms with Gasteiger partial charge in [-0.05, 0) is 142 Å². The smallest absolute Gasteiger partial charge is 0.254 e. The fourth-order valence-electron chi connectivity index (χ4n) is 10.1. The van der Waals surface area contributed by atoms with E-state index in [4.69, 9.17) is 0 Å². The molecule has 3 heterocycles. The summed E-state index contributed by atoms with van der Waals surface area (Å²) in [5.74, 6) is 0. The minimum absolute atomic E-state index is 0.00616. The van der Waals surface area contributed by atoms with Gasteiger partial charge in [-0.1, -0.05) is 191 Å². The first kappa shape index (κ1) is 46.1. The summed E-state index contributed by atoms with van der Waals surface area (Å²) >= 11 is 1.96. The lowest BCUT2D eigenvalue weighted by molar-refractivity contribution is 0.589. The molecule has 0 unspecified atom stereocenters. The van der Waals surface area contributed by atoms with Gasteiger partial charge in [0.05, 0.1) is 10.7 Å². The normalized spacial score (nSPS) is 14.4. The highest BCUT2D eigenvalue weighted by atomic mass is 32.1. The van der Waals surface area contributed by atoms with E-state index in [1.165, 1.54) is 104 Å². The lowest BCUT2D eigenvalue weighted by Crippen LogP contribution is -2.61. The third kappa shape index (κ3) is 7.93. The van der Waals surface area contributed by atoms with E-state index >= 15 is 0 Å². The number of fused-ring (bicyclic) bond motifs is 6. The van der Waals surface area contributed by atoms with E-state index < -0.39 is 0 Å². The van der Waals surface area contributed by atoms with Gasteiger partial charge in [-0.2, -0.15) is 0 Å². The van der Waals surface area contributed by atoms with Crippen molar-refractivity contribution in [2.75, 3.05) is 9.80 Å². The van der Waals surface area contributed by atoms with E-state index in [9.17, 15) is 0 Å². The van der Waals surface area contributed by atoms with Gasteiger partial charge in [0, 0.05) is 33.0 Å². The second-order valence-corrected chi connectivity index (χ2v) is 26.7. The number of nitrogens with zero attached hydrogens (tertiary/aromatic N) is 2.